The van der Waals surface area contributed by atoms with Crippen LogP contribution in [0, 0.1) is 0 Å². The van der Waals surface area contributed by atoms with Gasteiger partial charge in [-0.25, -0.2) is 9.78 Å². The number of halogens is 1. The Morgan fingerprint density at radius 2 is 1.76 bits per heavy atom. The summed E-state index contributed by atoms with van der Waals surface area (Å²) in [5.41, 5.74) is 1.97. The normalized spacial score (nSPS) is 15.3. The fourth-order valence-corrected chi connectivity index (χ4v) is 4.18. The maximum Gasteiger partial charge on any atom is 0.328 e. The number of carbonyl (C=O) groups excluding carboxylic acids is 2. The lowest BCUT2D eigenvalue weighted by molar-refractivity contribution is -0.150. The van der Waals surface area contributed by atoms with Gasteiger partial charge >= 0.3 is 5.97 Å². The van der Waals surface area contributed by atoms with Crippen LogP contribution in [0.15, 0.2) is 54.6 Å². The summed E-state index contributed by atoms with van der Waals surface area (Å²) in [6.45, 7) is 4.17. The van der Waals surface area contributed by atoms with Gasteiger partial charge in [0.15, 0.2) is 0 Å². The van der Waals surface area contributed by atoms with E-state index >= 15 is 0 Å². The molecule has 0 aliphatic carbocycles. The number of hydrogen-bond acceptors (Lipinski definition) is 6. The van der Waals surface area contributed by atoms with Crippen molar-refractivity contribution in [1.82, 2.24) is 14.8 Å². The van der Waals surface area contributed by atoms with E-state index < -0.39 is 6.04 Å². The number of pyridine rings is 1. The maximum absolute atomic E-state index is 13.1. The molecular weight excluding hydrogens is 442 g/mol. The smallest absolute Gasteiger partial charge is 0.328 e. The van der Waals surface area contributed by atoms with Gasteiger partial charge in [-0.15, -0.1) is 0 Å². The Balaban J connectivity index is 1.47. The number of hydrogen-bond donors (Lipinski definition) is 0. The van der Waals surface area contributed by atoms with Crippen molar-refractivity contribution in [2.45, 2.75) is 13.0 Å². The van der Waals surface area contributed by atoms with E-state index in [1.165, 1.54) is 0 Å². The number of ether oxygens (including phenoxy) is 2. The van der Waals surface area contributed by atoms with Crippen molar-refractivity contribution in [2.24, 2.45) is 0 Å². The largest absolute Gasteiger partial charge is 0.497 e. The first-order valence-corrected chi connectivity index (χ1v) is 11.3. The van der Waals surface area contributed by atoms with Crippen LogP contribution in [-0.4, -0.2) is 66.6 Å². The summed E-state index contributed by atoms with van der Waals surface area (Å²) >= 11 is 6.02. The van der Waals surface area contributed by atoms with E-state index in [0.717, 1.165) is 22.2 Å². The van der Waals surface area contributed by atoms with Crippen LogP contribution >= 0.6 is 11.6 Å². The fourth-order valence-electron chi connectivity index (χ4n) is 4.06. The van der Waals surface area contributed by atoms with Gasteiger partial charge in [-0.3, -0.25) is 9.69 Å². The van der Waals surface area contributed by atoms with E-state index in [0.29, 0.717) is 43.5 Å². The van der Waals surface area contributed by atoms with Crippen LogP contribution < -0.4 is 4.74 Å². The molecule has 1 atom stereocenters. The zero-order chi connectivity index (χ0) is 23.4. The second kappa shape index (κ2) is 10.2. The van der Waals surface area contributed by atoms with Gasteiger partial charge in [-0.1, -0.05) is 29.8 Å². The van der Waals surface area contributed by atoms with E-state index in [-0.39, 0.29) is 11.9 Å². The SMILES string of the molecule is CCOC(=O)C(c1ccc(Cl)cc1)N1CCN(C(=O)c2ccc3cc(OC)ccc3n2)CC1. The molecule has 33 heavy (non-hydrogen) atoms. The third kappa shape index (κ3) is 5.10. The van der Waals surface area contributed by atoms with Crippen molar-refractivity contribution in [3.05, 3.63) is 70.9 Å². The lowest BCUT2D eigenvalue weighted by Crippen LogP contribution is -2.51. The third-order valence-corrected chi connectivity index (χ3v) is 6.03. The second-order valence-electron chi connectivity index (χ2n) is 7.79. The van der Waals surface area contributed by atoms with Crippen molar-refractivity contribution in [1.29, 1.82) is 0 Å². The average molecular weight is 468 g/mol. The standard InChI is InChI=1S/C25H26ClN3O4/c1-3-33-25(31)23(17-4-7-19(26)8-5-17)28-12-14-29(15-13-28)24(30)22-10-6-18-16-20(32-2)9-11-21(18)27-22/h4-11,16,23H,3,12-15H2,1-2H3. The summed E-state index contributed by atoms with van der Waals surface area (Å²) in [5.74, 6) is 0.328. The van der Waals surface area contributed by atoms with E-state index in [1.807, 2.05) is 41.3 Å². The number of piperazine rings is 1. The predicted molar refractivity (Wildman–Crippen MR) is 127 cm³/mol. The number of aromatic nitrogens is 1. The van der Waals surface area contributed by atoms with Gasteiger partial charge in [0.05, 0.1) is 19.2 Å². The summed E-state index contributed by atoms with van der Waals surface area (Å²) in [6, 6.07) is 15.9. The van der Waals surface area contributed by atoms with Gasteiger partial charge in [0.1, 0.15) is 17.5 Å². The summed E-state index contributed by atoms with van der Waals surface area (Å²) in [7, 11) is 1.62. The molecule has 172 valence electrons. The van der Waals surface area contributed by atoms with E-state index in [1.54, 1.807) is 37.1 Å². The van der Waals surface area contributed by atoms with Crippen LogP contribution in [-0.2, 0) is 9.53 Å². The Hall–Kier alpha value is -3.16. The van der Waals surface area contributed by atoms with Crippen LogP contribution in [0.5, 0.6) is 5.75 Å². The molecule has 1 aliphatic rings. The predicted octanol–water partition coefficient (Wildman–Crippen LogP) is 3.96. The molecule has 1 saturated heterocycles. The van der Waals surface area contributed by atoms with Crippen LogP contribution in [0.3, 0.4) is 0 Å². The Morgan fingerprint density at radius 1 is 1.03 bits per heavy atom. The molecule has 1 aromatic heterocycles. The molecule has 4 rings (SSSR count). The summed E-state index contributed by atoms with van der Waals surface area (Å²) < 4.78 is 10.6. The van der Waals surface area contributed by atoms with Gasteiger partial charge in [-0.2, -0.15) is 0 Å². The summed E-state index contributed by atoms with van der Waals surface area (Å²) in [5, 5.41) is 1.52. The molecule has 0 spiro atoms. The first-order valence-electron chi connectivity index (χ1n) is 10.9. The molecule has 1 amide bonds. The highest BCUT2D eigenvalue weighted by molar-refractivity contribution is 6.30. The molecule has 0 radical (unpaired) electrons. The third-order valence-electron chi connectivity index (χ3n) is 5.78. The number of rotatable bonds is 6. The van der Waals surface area contributed by atoms with Crippen molar-refractivity contribution >= 4 is 34.4 Å². The molecule has 1 unspecified atom stereocenters. The number of benzene rings is 2. The Bertz CT molecular complexity index is 1140. The molecule has 8 heteroatoms. The van der Waals surface area contributed by atoms with Crippen molar-refractivity contribution in [3.63, 3.8) is 0 Å². The average Bonchev–Trinajstić information content (AvgIpc) is 2.85. The monoisotopic (exact) mass is 467 g/mol. The number of nitrogens with zero attached hydrogens (tertiary/aromatic N) is 3. The lowest BCUT2D eigenvalue weighted by atomic mass is 10.0. The van der Waals surface area contributed by atoms with Crippen LogP contribution in [0.1, 0.15) is 29.0 Å². The van der Waals surface area contributed by atoms with E-state index in [9.17, 15) is 9.59 Å². The highest BCUT2D eigenvalue weighted by Gasteiger charge is 2.33. The highest BCUT2D eigenvalue weighted by atomic mass is 35.5. The summed E-state index contributed by atoms with van der Waals surface area (Å²) in [4.78, 5) is 34.2. The topological polar surface area (TPSA) is 72.0 Å². The number of methoxy groups -OCH3 is 1. The van der Waals surface area contributed by atoms with Crippen LogP contribution in [0.25, 0.3) is 10.9 Å². The Kier molecular flexibility index (Phi) is 7.11. The molecule has 0 bridgehead atoms. The molecule has 0 saturated carbocycles. The second-order valence-corrected chi connectivity index (χ2v) is 8.23. The number of esters is 1. The van der Waals surface area contributed by atoms with E-state index in [4.69, 9.17) is 21.1 Å². The minimum absolute atomic E-state index is 0.119. The maximum atomic E-state index is 13.1. The first kappa shape index (κ1) is 23.0. The lowest BCUT2D eigenvalue weighted by Gasteiger charge is -2.38. The zero-order valence-corrected chi connectivity index (χ0v) is 19.4. The fraction of sp³-hybridized carbons (Fsp3) is 0.320. The molecule has 2 aromatic carbocycles. The van der Waals surface area contributed by atoms with Gasteiger partial charge in [0.25, 0.3) is 5.91 Å². The molecular formula is C25H26ClN3O4. The van der Waals surface area contributed by atoms with Gasteiger partial charge in [0.2, 0.25) is 0 Å². The van der Waals surface area contributed by atoms with Gasteiger partial charge < -0.3 is 14.4 Å². The Morgan fingerprint density at radius 3 is 2.42 bits per heavy atom. The first-order chi connectivity index (χ1) is 16.0. The molecule has 1 aliphatic heterocycles. The van der Waals surface area contributed by atoms with Crippen molar-refractivity contribution < 1.29 is 19.1 Å². The minimum atomic E-state index is -0.534. The molecule has 1 fully saturated rings. The van der Waals surface area contributed by atoms with Crippen molar-refractivity contribution in [3.8, 4) is 5.75 Å². The van der Waals surface area contributed by atoms with E-state index in [2.05, 4.69) is 4.98 Å². The number of carbonyl (C=O) groups is 2. The van der Waals surface area contributed by atoms with Crippen LogP contribution in [0.2, 0.25) is 5.02 Å². The molecule has 2 heterocycles. The zero-order valence-electron chi connectivity index (χ0n) is 18.7. The number of amides is 1. The van der Waals surface area contributed by atoms with Crippen molar-refractivity contribution in [2.75, 3.05) is 39.9 Å². The van der Waals surface area contributed by atoms with Gasteiger partial charge in [0, 0.05) is 36.6 Å². The highest BCUT2D eigenvalue weighted by Crippen LogP contribution is 2.26. The molecule has 0 N–H and O–H groups in total. The van der Waals surface area contributed by atoms with Crippen LogP contribution in [0.4, 0.5) is 0 Å². The van der Waals surface area contributed by atoms with Gasteiger partial charge in [-0.05, 0) is 48.9 Å². The summed E-state index contributed by atoms with van der Waals surface area (Å²) in [6.07, 6.45) is 0. The molecule has 3 aromatic rings. The molecule has 7 nitrogen and oxygen atoms in total. The quantitative estimate of drug-likeness (QED) is 0.511. The Labute approximate surface area is 197 Å². The minimum Gasteiger partial charge on any atom is -0.497 e. The number of fused-ring (bicyclic) bond motifs is 1.